The highest BCUT2D eigenvalue weighted by atomic mass is 16.6. The van der Waals surface area contributed by atoms with E-state index >= 15 is 0 Å². The lowest BCUT2D eigenvalue weighted by Gasteiger charge is -2.38. The number of rotatable bonds is 40. The van der Waals surface area contributed by atoms with Gasteiger partial charge in [0.25, 0.3) is 0 Å². The summed E-state index contributed by atoms with van der Waals surface area (Å²) in [5, 5.41) is 63.6. The van der Waals surface area contributed by atoms with Gasteiger partial charge in [0.1, 0.15) is 43.7 Å². The molecule has 0 saturated carbocycles. The molecule has 0 fully saturated rings. The van der Waals surface area contributed by atoms with Gasteiger partial charge in [0.15, 0.2) is 18.0 Å². The minimum absolute atomic E-state index is 0.00528. The molecule has 10 atom stereocenters. The van der Waals surface area contributed by atoms with E-state index in [9.17, 15) is 59.4 Å². The van der Waals surface area contributed by atoms with Crippen molar-refractivity contribution in [1.82, 2.24) is 10.2 Å². The van der Waals surface area contributed by atoms with Crippen LogP contribution in [0.15, 0.2) is 33.7 Å². The molecule has 30 heteroatoms. The SMILES string of the molecule is C#CCOCCOCCOCCOCCC(=O)N(CCOCCCC(=O)OC[C@@H](O)[C@@H](O)[C@@H]1OC(C(=O)O)=C[C@H](N=C(N)N)[C@H]1NC(C)=O)CCOCCCC(=O)O[C@@H]([C@@H]1OC(C(=O)O)=C[C@H](N=C(N)N)[C@H]1C)[C@H](O)CO. The minimum Gasteiger partial charge on any atom is -0.479 e. The molecule has 2 aliphatic heterocycles. The number of carbonyl (C=O) groups is 6. The van der Waals surface area contributed by atoms with Gasteiger partial charge in [-0.05, 0) is 25.0 Å². The number of esters is 2. The molecule has 0 unspecified atom stereocenters. The van der Waals surface area contributed by atoms with Gasteiger partial charge in [-0.3, -0.25) is 19.2 Å². The highest BCUT2D eigenvalue weighted by Crippen LogP contribution is 2.31. The highest BCUT2D eigenvalue weighted by molar-refractivity contribution is 5.86. The number of carboxylic acids is 2. The molecule has 0 bridgehead atoms. The van der Waals surface area contributed by atoms with E-state index in [0.717, 1.165) is 13.0 Å². The average Bonchev–Trinajstić information content (AvgIpc) is 3.37. The van der Waals surface area contributed by atoms with Crippen molar-refractivity contribution in [2.24, 2.45) is 38.8 Å². The maximum absolute atomic E-state index is 13.3. The Morgan fingerprint density at radius 3 is 1.71 bits per heavy atom. The largest absolute Gasteiger partial charge is 0.479 e. The van der Waals surface area contributed by atoms with E-state index in [2.05, 4.69) is 21.2 Å². The zero-order valence-corrected chi connectivity index (χ0v) is 43.2. The van der Waals surface area contributed by atoms with E-state index in [1.54, 1.807) is 6.92 Å². The van der Waals surface area contributed by atoms with Crippen molar-refractivity contribution < 1.29 is 107 Å². The fourth-order valence-electron chi connectivity index (χ4n) is 7.32. The third kappa shape index (κ3) is 26.5. The van der Waals surface area contributed by atoms with Crippen molar-refractivity contribution in [2.45, 2.75) is 101 Å². The molecular formula is C47H76N8O22. The van der Waals surface area contributed by atoms with E-state index in [0.29, 0.717) is 26.4 Å². The number of nitrogens with zero attached hydrogens (tertiary/aromatic N) is 3. The Bertz CT molecular complexity index is 2010. The number of hydrogen-bond donors (Lipinski definition) is 11. The van der Waals surface area contributed by atoms with Crippen molar-refractivity contribution >= 4 is 47.6 Å². The van der Waals surface area contributed by atoms with Crippen LogP contribution in [-0.2, 0) is 76.1 Å². The number of carboxylic acid groups (broad SMARTS) is 2. The third-order valence-corrected chi connectivity index (χ3v) is 11.1. The molecular weight excluding hydrogens is 1030 g/mol. The summed E-state index contributed by atoms with van der Waals surface area (Å²) in [7, 11) is 0. The van der Waals surface area contributed by atoms with Gasteiger partial charge in [-0.15, -0.1) is 6.42 Å². The number of nitrogens with two attached hydrogens (primary N) is 4. The Labute approximate surface area is 444 Å². The molecule has 30 nitrogen and oxygen atoms in total. The van der Waals surface area contributed by atoms with Crippen LogP contribution in [-0.4, -0.2) is 243 Å². The first-order valence-corrected chi connectivity index (χ1v) is 24.6. The van der Waals surface area contributed by atoms with Gasteiger partial charge in [0, 0.05) is 52.0 Å². The van der Waals surface area contributed by atoms with Crippen molar-refractivity contribution in [3.8, 4) is 12.3 Å². The fraction of sp³-hybridized carbons (Fsp3) is 0.702. The van der Waals surface area contributed by atoms with Crippen LogP contribution in [0.4, 0.5) is 0 Å². The lowest BCUT2D eigenvalue weighted by molar-refractivity contribution is -0.176. The smallest absolute Gasteiger partial charge is 0.370 e. The average molecular weight is 1110 g/mol. The van der Waals surface area contributed by atoms with E-state index in [4.69, 9.17) is 76.7 Å². The zero-order chi connectivity index (χ0) is 57.3. The summed E-state index contributed by atoms with van der Waals surface area (Å²) in [6.07, 6.45) is -2.56. The summed E-state index contributed by atoms with van der Waals surface area (Å²) in [6, 6.07) is -3.36. The van der Waals surface area contributed by atoms with E-state index in [1.165, 1.54) is 11.0 Å². The summed E-state index contributed by atoms with van der Waals surface area (Å²) in [6.45, 7) is 3.60. The predicted octanol–water partition coefficient (Wildman–Crippen LogP) is -4.81. The van der Waals surface area contributed by atoms with Crippen LogP contribution in [0.5, 0.6) is 0 Å². The van der Waals surface area contributed by atoms with Crippen LogP contribution in [0.1, 0.15) is 46.0 Å². The second kappa shape index (κ2) is 37.4. The molecule has 2 aliphatic rings. The van der Waals surface area contributed by atoms with Crippen LogP contribution in [0.25, 0.3) is 0 Å². The Morgan fingerprint density at radius 2 is 1.19 bits per heavy atom. The number of aliphatic imine (C=N–C) groups is 2. The zero-order valence-electron chi connectivity index (χ0n) is 43.2. The molecule has 2 amide bonds. The molecule has 0 aliphatic carbocycles. The van der Waals surface area contributed by atoms with E-state index in [1.807, 2.05) is 0 Å². The van der Waals surface area contributed by atoms with Crippen molar-refractivity contribution in [2.75, 3.05) is 106 Å². The summed E-state index contributed by atoms with van der Waals surface area (Å²) in [5.74, 6) is -5.88. The number of nitrogens with one attached hydrogen (secondary N) is 1. The van der Waals surface area contributed by atoms with Crippen LogP contribution in [0, 0.1) is 18.3 Å². The molecule has 0 aromatic rings. The minimum atomic E-state index is -1.90. The third-order valence-electron chi connectivity index (χ3n) is 11.1. The summed E-state index contributed by atoms with van der Waals surface area (Å²) in [4.78, 5) is 83.7. The number of guanidine groups is 2. The van der Waals surface area contributed by atoms with Crippen molar-refractivity contribution in [1.29, 1.82) is 0 Å². The fourth-order valence-corrected chi connectivity index (χ4v) is 7.32. The molecule has 0 spiro atoms. The molecule has 0 aromatic heterocycles. The summed E-state index contributed by atoms with van der Waals surface area (Å²) < 4.78 is 54.5. The lowest BCUT2D eigenvalue weighted by Crippen LogP contribution is -2.60. The van der Waals surface area contributed by atoms with Crippen LogP contribution >= 0.6 is 0 Å². The van der Waals surface area contributed by atoms with Gasteiger partial charge in [-0.25, -0.2) is 19.6 Å². The number of amides is 2. The standard InChI is InChI=1S/C47H76N8O22/c1-4-12-68-18-20-72-22-23-73-21-19-71-15-9-36(60)55(11-17-70-14-6-8-38(62)77-42(32(58)26-56)41-28(2)30(53-46(48)49)24-34(75-41)44(64)65)10-16-69-13-5-7-37(61)74-27-33(59)40(63)43-39(52-29(3)57)31(54-47(50)51)25-35(76-43)45(66)67/h1,24-25,28,30-33,39-43,56,58-59,63H,5-23,26-27H2,2-3H3,(H,52,57)(H,64,65)(H,66,67)(H4,48,49,53)(H4,50,51,54)/t28-,30+,31+,32-,33-,39-,40-,41-,42-,43-/m1/s1. The molecule has 0 radical (unpaired) electrons. The second-order valence-corrected chi connectivity index (χ2v) is 17.1. The predicted molar refractivity (Wildman–Crippen MR) is 267 cm³/mol. The first-order chi connectivity index (χ1) is 36.7. The Kier molecular flexibility index (Phi) is 32.4. The Balaban J connectivity index is 1.90. The number of ether oxygens (including phenoxy) is 10. The molecule has 0 aromatic carbocycles. The van der Waals surface area contributed by atoms with Crippen LogP contribution < -0.4 is 28.3 Å². The van der Waals surface area contributed by atoms with Gasteiger partial charge < -0.3 is 111 Å². The van der Waals surface area contributed by atoms with Gasteiger partial charge in [-0.1, -0.05) is 12.8 Å². The van der Waals surface area contributed by atoms with Crippen molar-refractivity contribution in [3.63, 3.8) is 0 Å². The van der Waals surface area contributed by atoms with Crippen molar-refractivity contribution in [3.05, 3.63) is 23.7 Å². The number of terminal acetylenes is 1. The second-order valence-electron chi connectivity index (χ2n) is 17.1. The number of aliphatic carboxylic acids is 2. The van der Waals surface area contributed by atoms with Gasteiger partial charge >= 0.3 is 23.9 Å². The molecule has 0 saturated heterocycles. The van der Waals surface area contributed by atoms with Crippen LogP contribution in [0.3, 0.4) is 0 Å². The topological polar surface area (TPSA) is 460 Å². The summed E-state index contributed by atoms with van der Waals surface area (Å²) in [5.41, 5.74) is 22.0. The lowest BCUT2D eigenvalue weighted by atomic mass is 9.87. The molecule has 77 heavy (non-hydrogen) atoms. The normalized spacial score (nSPS) is 20.4. The Morgan fingerprint density at radius 1 is 0.701 bits per heavy atom. The summed E-state index contributed by atoms with van der Waals surface area (Å²) >= 11 is 0. The maximum Gasteiger partial charge on any atom is 0.370 e. The molecule has 2 rings (SSSR count). The molecule has 436 valence electrons. The first kappa shape index (κ1) is 66.7. The quantitative estimate of drug-likeness (QED) is 0.00902. The Hall–Kier alpha value is -6.40. The van der Waals surface area contributed by atoms with E-state index < -0.39 is 121 Å². The van der Waals surface area contributed by atoms with Gasteiger partial charge in [0.2, 0.25) is 23.3 Å². The number of aliphatic hydroxyl groups is 4. The van der Waals surface area contributed by atoms with E-state index in [-0.39, 0.29) is 110 Å². The first-order valence-electron chi connectivity index (χ1n) is 24.6. The number of aliphatic hydroxyl groups excluding tert-OH is 4. The molecule has 15 N–H and O–H groups in total. The number of carbonyl (C=O) groups excluding carboxylic acids is 4. The number of hydrogen-bond acceptors (Lipinski definition) is 22. The van der Waals surface area contributed by atoms with Gasteiger partial charge in [0.05, 0.1) is 90.6 Å². The van der Waals surface area contributed by atoms with Gasteiger partial charge in [-0.2, -0.15) is 0 Å². The molecule has 2 heterocycles. The van der Waals surface area contributed by atoms with Crippen LogP contribution in [0.2, 0.25) is 0 Å². The highest BCUT2D eigenvalue weighted by Gasteiger charge is 2.45. The maximum atomic E-state index is 13.3. The monoisotopic (exact) mass is 1100 g/mol.